The van der Waals surface area contributed by atoms with Crippen LogP contribution >= 0.6 is 11.8 Å². The van der Waals surface area contributed by atoms with E-state index in [0.29, 0.717) is 12.1 Å². The fourth-order valence-electron chi connectivity index (χ4n) is 3.11. The van der Waals surface area contributed by atoms with Crippen molar-refractivity contribution < 1.29 is 9.72 Å². The van der Waals surface area contributed by atoms with Crippen LogP contribution in [0.3, 0.4) is 0 Å². The summed E-state index contributed by atoms with van der Waals surface area (Å²) in [4.78, 5) is 27.2. The SMILES string of the molecule is O=C(CSc1nc2ccccc2n1Cc1ccccc1)NN=Cc1ccc([N+](=O)[O-])cc1. The number of nitrogens with zero attached hydrogens (tertiary/aromatic N) is 4. The number of nitro groups is 1. The van der Waals surface area contributed by atoms with Crippen LogP contribution in [0.25, 0.3) is 11.0 Å². The molecule has 0 aliphatic carbocycles. The number of rotatable bonds is 8. The molecule has 0 aliphatic rings. The monoisotopic (exact) mass is 445 g/mol. The molecule has 160 valence electrons. The smallest absolute Gasteiger partial charge is 0.269 e. The van der Waals surface area contributed by atoms with E-state index in [4.69, 9.17) is 0 Å². The topological polar surface area (TPSA) is 102 Å². The second-order valence-corrected chi connectivity index (χ2v) is 7.83. The van der Waals surface area contributed by atoms with Crippen molar-refractivity contribution in [2.45, 2.75) is 11.7 Å². The Morgan fingerprint density at radius 1 is 1.06 bits per heavy atom. The fraction of sp³-hybridized carbons (Fsp3) is 0.0870. The van der Waals surface area contributed by atoms with Crippen molar-refractivity contribution in [3.05, 3.63) is 100 Å². The third-order valence-electron chi connectivity index (χ3n) is 4.64. The molecule has 0 saturated carbocycles. The minimum atomic E-state index is -0.467. The lowest BCUT2D eigenvalue weighted by Gasteiger charge is -2.09. The van der Waals surface area contributed by atoms with Crippen molar-refractivity contribution in [3.8, 4) is 0 Å². The zero-order chi connectivity index (χ0) is 22.3. The summed E-state index contributed by atoms with van der Waals surface area (Å²) in [5.41, 5.74) is 6.16. The molecule has 0 spiro atoms. The molecule has 0 saturated heterocycles. The van der Waals surface area contributed by atoms with Gasteiger partial charge in [0.2, 0.25) is 0 Å². The lowest BCUT2D eigenvalue weighted by molar-refractivity contribution is -0.384. The first-order valence-corrected chi connectivity index (χ1v) is 10.8. The van der Waals surface area contributed by atoms with E-state index in [-0.39, 0.29) is 17.3 Å². The Morgan fingerprint density at radius 2 is 1.78 bits per heavy atom. The number of thioether (sulfide) groups is 1. The summed E-state index contributed by atoms with van der Waals surface area (Å²) < 4.78 is 2.10. The number of hydrazone groups is 1. The first-order chi connectivity index (χ1) is 15.6. The van der Waals surface area contributed by atoms with Crippen LogP contribution in [0.15, 0.2) is 89.1 Å². The molecule has 8 nitrogen and oxygen atoms in total. The van der Waals surface area contributed by atoms with Gasteiger partial charge in [0.1, 0.15) is 0 Å². The summed E-state index contributed by atoms with van der Waals surface area (Å²) in [7, 11) is 0. The number of hydrogen-bond acceptors (Lipinski definition) is 6. The maximum atomic E-state index is 12.3. The molecule has 3 aromatic carbocycles. The van der Waals surface area contributed by atoms with Crippen LogP contribution < -0.4 is 5.43 Å². The van der Waals surface area contributed by atoms with Crippen molar-refractivity contribution in [1.82, 2.24) is 15.0 Å². The number of nitro benzene ring substituents is 1. The van der Waals surface area contributed by atoms with Gasteiger partial charge in [0.05, 0.1) is 34.5 Å². The summed E-state index contributed by atoms with van der Waals surface area (Å²) >= 11 is 1.34. The predicted molar refractivity (Wildman–Crippen MR) is 125 cm³/mol. The molecule has 9 heteroatoms. The van der Waals surface area contributed by atoms with Gasteiger partial charge in [-0.2, -0.15) is 5.10 Å². The summed E-state index contributed by atoms with van der Waals surface area (Å²) in [6.07, 6.45) is 1.44. The van der Waals surface area contributed by atoms with Gasteiger partial charge in [-0.05, 0) is 35.4 Å². The third kappa shape index (κ3) is 5.19. The fourth-order valence-corrected chi connectivity index (χ4v) is 3.91. The van der Waals surface area contributed by atoms with Gasteiger partial charge in [0, 0.05) is 12.1 Å². The number of aromatic nitrogens is 2. The Hall–Kier alpha value is -3.98. The van der Waals surface area contributed by atoms with Crippen molar-refractivity contribution in [1.29, 1.82) is 0 Å². The zero-order valence-corrected chi connectivity index (χ0v) is 17.7. The van der Waals surface area contributed by atoms with E-state index in [2.05, 4.69) is 32.2 Å². The van der Waals surface area contributed by atoms with Gasteiger partial charge in [-0.1, -0.05) is 54.2 Å². The van der Waals surface area contributed by atoms with E-state index < -0.39 is 4.92 Å². The molecule has 0 radical (unpaired) electrons. The zero-order valence-electron chi connectivity index (χ0n) is 16.9. The number of hydrogen-bond donors (Lipinski definition) is 1. The molecule has 1 aromatic heterocycles. The minimum absolute atomic E-state index is 0.000905. The molecule has 0 bridgehead atoms. The summed E-state index contributed by atoms with van der Waals surface area (Å²) in [5.74, 6) is -0.123. The average molecular weight is 446 g/mol. The van der Waals surface area contributed by atoms with E-state index in [9.17, 15) is 14.9 Å². The maximum absolute atomic E-state index is 12.3. The van der Waals surface area contributed by atoms with Crippen molar-refractivity contribution >= 4 is 40.6 Å². The Kier molecular flexibility index (Phi) is 6.57. The number of carbonyl (C=O) groups excluding carboxylic acids is 1. The van der Waals surface area contributed by atoms with Crippen molar-refractivity contribution in [3.63, 3.8) is 0 Å². The van der Waals surface area contributed by atoms with Crippen LogP contribution in [0.4, 0.5) is 5.69 Å². The highest BCUT2D eigenvalue weighted by Crippen LogP contribution is 2.25. The number of para-hydroxylation sites is 2. The van der Waals surface area contributed by atoms with E-state index in [1.807, 2.05) is 42.5 Å². The number of nitrogens with one attached hydrogen (secondary N) is 1. The molecule has 0 unspecified atom stereocenters. The van der Waals surface area contributed by atoms with E-state index in [0.717, 1.165) is 21.8 Å². The molecule has 0 aliphatic heterocycles. The van der Waals surface area contributed by atoms with Gasteiger partial charge in [-0.3, -0.25) is 14.9 Å². The Morgan fingerprint density at radius 3 is 2.53 bits per heavy atom. The first-order valence-electron chi connectivity index (χ1n) is 9.78. The number of carbonyl (C=O) groups is 1. The van der Waals surface area contributed by atoms with Crippen LogP contribution in [-0.2, 0) is 11.3 Å². The second-order valence-electron chi connectivity index (χ2n) is 6.89. The summed E-state index contributed by atoms with van der Waals surface area (Å²) in [6, 6.07) is 23.9. The number of non-ortho nitro benzene ring substituents is 1. The third-order valence-corrected chi connectivity index (χ3v) is 5.62. The number of fused-ring (bicyclic) bond motifs is 1. The minimum Gasteiger partial charge on any atom is -0.314 e. The lowest BCUT2D eigenvalue weighted by Crippen LogP contribution is -2.20. The van der Waals surface area contributed by atoms with Crippen LogP contribution in [-0.4, -0.2) is 32.3 Å². The van der Waals surface area contributed by atoms with Crippen LogP contribution in [0.5, 0.6) is 0 Å². The van der Waals surface area contributed by atoms with E-state index in [1.54, 1.807) is 12.1 Å². The number of imidazole rings is 1. The van der Waals surface area contributed by atoms with Crippen LogP contribution in [0.1, 0.15) is 11.1 Å². The van der Waals surface area contributed by atoms with Gasteiger partial charge in [0.25, 0.3) is 11.6 Å². The largest absolute Gasteiger partial charge is 0.314 e. The van der Waals surface area contributed by atoms with E-state index in [1.165, 1.54) is 30.1 Å². The van der Waals surface area contributed by atoms with Crippen molar-refractivity contribution in [2.24, 2.45) is 5.10 Å². The molecule has 1 amide bonds. The highest BCUT2D eigenvalue weighted by Gasteiger charge is 2.13. The highest BCUT2D eigenvalue weighted by molar-refractivity contribution is 7.99. The normalized spacial score (nSPS) is 11.1. The lowest BCUT2D eigenvalue weighted by atomic mass is 10.2. The van der Waals surface area contributed by atoms with Gasteiger partial charge >= 0.3 is 0 Å². The Balaban J connectivity index is 1.40. The van der Waals surface area contributed by atoms with Crippen LogP contribution in [0, 0.1) is 10.1 Å². The van der Waals surface area contributed by atoms with Gasteiger partial charge in [0.15, 0.2) is 5.16 Å². The van der Waals surface area contributed by atoms with Crippen molar-refractivity contribution in [2.75, 3.05) is 5.75 Å². The Bertz CT molecular complexity index is 1270. The van der Waals surface area contributed by atoms with E-state index >= 15 is 0 Å². The Labute approximate surface area is 188 Å². The molecular weight excluding hydrogens is 426 g/mol. The average Bonchev–Trinajstić information content (AvgIpc) is 3.16. The predicted octanol–water partition coefficient (Wildman–Crippen LogP) is 4.24. The quantitative estimate of drug-likeness (QED) is 0.189. The first kappa shape index (κ1) is 21.3. The molecule has 0 fully saturated rings. The number of amides is 1. The molecule has 0 atom stereocenters. The van der Waals surface area contributed by atoms with Gasteiger partial charge < -0.3 is 4.57 Å². The molecule has 32 heavy (non-hydrogen) atoms. The molecule has 1 heterocycles. The summed E-state index contributed by atoms with van der Waals surface area (Å²) in [5, 5.41) is 15.4. The standard InChI is InChI=1S/C23H19N5O3S/c29-22(26-24-14-17-10-12-19(13-11-17)28(30)31)16-32-23-25-20-8-4-5-9-21(20)27(23)15-18-6-2-1-3-7-18/h1-14H,15-16H2,(H,26,29). The summed E-state index contributed by atoms with van der Waals surface area (Å²) in [6.45, 7) is 0.656. The maximum Gasteiger partial charge on any atom is 0.269 e. The van der Waals surface area contributed by atoms with Crippen LogP contribution in [0.2, 0.25) is 0 Å². The molecule has 4 aromatic rings. The molecule has 1 N–H and O–H groups in total. The number of benzene rings is 3. The second kappa shape index (κ2) is 9.88. The highest BCUT2D eigenvalue weighted by atomic mass is 32.2. The molecular formula is C23H19N5O3S. The van der Waals surface area contributed by atoms with Gasteiger partial charge in [-0.15, -0.1) is 0 Å². The van der Waals surface area contributed by atoms with Gasteiger partial charge in [-0.25, -0.2) is 10.4 Å². The molecule has 4 rings (SSSR count).